The Balaban J connectivity index is 1.28. The van der Waals surface area contributed by atoms with Crippen molar-refractivity contribution in [2.24, 2.45) is 0 Å². The lowest BCUT2D eigenvalue weighted by atomic mass is 10.0. The van der Waals surface area contributed by atoms with Gasteiger partial charge in [-0.05, 0) is 25.5 Å². The number of ether oxygens (including phenoxy) is 2. The summed E-state index contributed by atoms with van der Waals surface area (Å²) in [5.41, 5.74) is 1.13. The summed E-state index contributed by atoms with van der Waals surface area (Å²) in [5, 5.41) is 0. The molecule has 0 spiro atoms. The molecule has 0 aliphatic carbocycles. The topological polar surface area (TPSA) is 50.7 Å². The van der Waals surface area contributed by atoms with Crippen LogP contribution in [0.2, 0.25) is 0 Å². The zero-order valence-corrected chi connectivity index (χ0v) is 16.0. The molecule has 1 atom stereocenters. The maximum atomic E-state index is 5.82. The number of anilines is 1. The Kier molecular flexibility index (Phi) is 5.84. The monoisotopic (exact) mass is 368 g/mol. The summed E-state index contributed by atoms with van der Waals surface area (Å²) < 4.78 is 11.3. The van der Waals surface area contributed by atoms with Gasteiger partial charge in [0.2, 0.25) is 0 Å². The number of piperazine rings is 1. The number of aryl methyl sites for hydroxylation is 1. The molecule has 0 radical (unpaired) electrons. The normalized spacial score (nSPS) is 20.8. The molecule has 0 N–H and O–H groups in total. The van der Waals surface area contributed by atoms with Crippen LogP contribution in [0.5, 0.6) is 5.75 Å². The number of para-hydroxylation sites is 1. The predicted octanol–water partition coefficient (Wildman–Crippen LogP) is 2.49. The summed E-state index contributed by atoms with van der Waals surface area (Å²) in [6, 6.07) is 12.2. The minimum absolute atomic E-state index is 0.418. The predicted molar refractivity (Wildman–Crippen MR) is 106 cm³/mol. The summed E-state index contributed by atoms with van der Waals surface area (Å²) in [6.45, 7) is 9.33. The van der Waals surface area contributed by atoms with Crippen molar-refractivity contribution >= 4 is 5.82 Å². The zero-order chi connectivity index (χ0) is 18.5. The van der Waals surface area contributed by atoms with Crippen LogP contribution in [0.15, 0.2) is 36.4 Å². The van der Waals surface area contributed by atoms with Gasteiger partial charge in [0.25, 0.3) is 0 Å². The van der Waals surface area contributed by atoms with Crippen LogP contribution in [-0.4, -0.2) is 67.4 Å². The summed E-state index contributed by atoms with van der Waals surface area (Å²) in [7, 11) is 0. The van der Waals surface area contributed by atoms with Crippen molar-refractivity contribution in [3.05, 3.63) is 47.9 Å². The van der Waals surface area contributed by atoms with E-state index in [4.69, 9.17) is 9.47 Å². The molecule has 0 bridgehead atoms. The number of aromatic nitrogens is 2. The van der Waals surface area contributed by atoms with Crippen molar-refractivity contribution in [2.75, 3.05) is 57.4 Å². The first kappa shape index (κ1) is 18.2. The molecule has 27 heavy (non-hydrogen) atoms. The van der Waals surface area contributed by atoms with Crippen LogP contribution >= 0.6 is 0 Å². The fraction of sp³-hybridized carbons (Fsp3) is 0.524. The molecule has 0 saturated carbocycles. The molecule has 3 heterocycles. The number of hydrogen-bond acceptors (Lipinski definition) is 6. The molecule has 2 fully saturated rings. The van der Waals surface area contributed by atoms with Crippen LogP contribution in [0, 0.1) is 6.92 Å². The molecule has 6 nitrogen and oxygen atoms in total. The Bertz CT molecular complexity index is 726. The molecule has 144 valence electrons. The SMILES string of the molecule is Cc1nc([C@@H]2CCOC2)cc(N2CCN(CCOc3ccccc3)CC2)n1. The van der Waals surface area contributed by atoms with Crippen LogP contribution < -0.4 is 9.64 Å². The third kappa shape index (κ3) is 4.76. The average molecular weight is 368 g/mol. The first-order chi connectivity index (χ1) is 13.3. The van der Waals surface area contributed by atoms with Crippen molar-refractivity contribution < 1.29 is 9.47 Å². The molecule has 2 saturated heterocycles. The molecule has 2 aliphatic heterocycles. The van der Waals surface area contributed by atoms with Gasteiger partial charge in [0.15, 0.2) is 0 Å². The highest BCUT2D eigenvalue weighted by Gasteiger charge is 2.23. The lowest BCUT2D eigenvalue weighted by Crippen LogP contribution is -2.47. The van der Waals surface area contributed by atoms with E-state index in [2.05, 4.69) is 25.8 Å². The van der Waals surface area contributed by atoms with Gasteiger partial charge in [-0.15, -0.1) is 0 Å². The van der Waals surface area contributed by atoms with Gasteiger partial charge in [-0.25, -0.2) is 9.97 Å². The van der Waals surface area contributed by atoms with E-state index in [-0.39, 0.29) is 0 Å². The van der Waals surface area contributed by atoms with Crippen molar-refractivity contribution in [3.8, 4) is 5.75 Å². The number of hydrogen-bond donors (Lipinski definition) is 0. The lowest BCUT2D eigenvalue weighted by molar-refractivity contribution is 0.193. The van der Waals surface area contributed by atoms with Crippen molar-refractivity contribution in [1.29, 1.82) is 0 Å². The van der Waals surface area contributed by atoms with Crippen LogP contribution in [0.3, 0.4) is 0 Å². The largest absolute Gasteiger partial charge is 0.492 e. The second-order valence-electron chi connectivity index (χ2n) is 7.25. The Morgan fingerprint density at radius 2 is 1.93 bits per heavy atom. The minimum atomic E-state index is 0.418. The van der Waals surface area contributed by atoms with Crippen LogP contribution in [0.1, 0.15) is 23.9 Å². The van der Waals surface area contributed by atoms with Gasteiger partial charge < -0.3 is 14.4 Å². The zero-order valence-electron chi connectivity index (χ0n) is 16.0. The number of benzene rings is 1. The number of rotatable bonds is 6. The van der Waals surface area contributed by atoms with E-state index in [1.807, 2.05) is 37.3 Å². The van der Waals surface area contributed by atoms with E-state index in [1.165, 1.54) is 0 Å². The molecule has 1 aromatic heterocycles. The van der Waals surface area contributed by atoms with Crippen molar-refractivity contribution in [1.82, 2.24) is 14.9 Å². The maximum Gasteiger partial charge on any atom is 0.132 e. The third-order valence-electron chi connectivity index (χ3n) is 5.31. The Labute approximate surface area is 161 Å². The van der Waals surface area contributed by atoms with Gasteiger partial charge in [-0.1, -0.05) is 18.2 Å². The Morgan fingerprint density at radius 1 is 1.11 bits per heavy atom. The van der Waals surface area contributed by atoms with Gasteiger partial charge in [0.1, 0.15) is 24.0 Å². The summed E-state index contributed by atoms with van der Waals surface area (Å²) in [4.78, 5) is 14.2. The molecule has 0 amide bonds. The molecular weight excluding hydrogens is 340 g/mol. The van der Waals surface area contributed by atoms with E-state index in [9.17, 15) is 0 Å². The fourth-order valence-corrected chi connectivity index (χ4v) is 3.72. The molecule has 0 unspecified atom stereocenters. The molecule has 2 aliphatic rings. The van der Waals surface area contributed by atoms with Gasteiger partial charge >= 0.3 is 0 Å². The van der Waals surface area contributed by atoms with Crippen LogP contribution in [0.25, 0.3) is 0 Å². The summed E-state index contributed by atoms with van der Waals surface area (Å²) >= 11 is 0. The van der Waals surface area contributed by atoms with Gasteiger partial charge in [-0.2, -0.15) is 0 Å². The Hall–Kier alpha value is -2.18. The smallest absolute Gasteiger partial charge is 0.132 e. The van der Waals surface area contributed by atoms with E-state index >= 15 is 0 Å². The van der Waals surface area contributed by atoms with Gasteiger partial charge in [-0.3, -0.25) is 4.90 Å². The van der Waals surface area contributed by atoms with Crippen molar-refractivity contribution in [3.63, 3.8) is 0 Å². The standard InChI is InChI=1S/C21H28N4O2/c1-17-22-20(18-7-13-26-16-18)15-21(23-17)25-10-8-24(9-11-25)12-14-27-19-5-3-2-4-6-19/h2-6,15,18H,7-14,16H2,1H3/t18-/m1/s1. The second-order valence-corrected chi connectivity index (χ2v) is 7.25. The van der Waals surface area contributed by atoms with Crippen LogP contribution in [0.4, 0.5) is 5.82 Å². The Morgan fingerprint density at radius 3 is 2.67 bits per heavy atom. The quantitative estimate of drug-likeness (QED) is 0.781. The summed E-state index contributed by atoms with van der Waals surface area (Å²) in [6.07, 6.45) is 1.06. The van der Waals surface area contributed by atoms with Gasteiger partial charge in [0, 0.05) is 51.3 Å². The lowest BCUT2D eigenvalue weighted by Gasteiger charge is -2.35. The highest BCUT2D eigenvalue weighted by Crippen LogP contribution is 2.26. The van der Waals surface area contributed by atoms with Crippen molar-refractivity contribution in [2.45, 2.75) is 19.3 Å². The first-order valence-electron chi connectivity index (χ1n) is 9.86. The van der Waals surface area contributed by atoms with E-state index in [0.717, 1.165) is 82.1 Å². The van der Waals surface area contributed by atoms with Crippen LogP contribution in [-0.2, 0) is 4.74 Å². The maximum absolute atomic E-state index is 5.82. The van der Waals surface area contributed by atoms with E-state index in [0.29, 0.717) is 5.92 Å². The third-order valence-corrected chi connectivity index (χ3v) is 5.31. The fourth-order valence-electron chi connectivity index (χ4n) is 3.72. The molecule has 2 aromatic rings. The first-order valence-corrected chi connectivity index (χ1v) is 9.86. The van der Waals surface area contributed by atoms with Gasteiger partial charge in [0.05, 0.1) is 12.3 Å². The number of nitrogens with zero attached hydrogens (tertiary/aromatic N) is 4. The highest BCUT2D eigenvalue weighted by atomic mass is 16.5. The summed E-state index contributed by atoms with van der Waals surface area (Å²) in [5.74, 6) is 3.27. The average Bonchev–Trinajstić information content (AvgIpc) is 3.24. The molecule has 6 heteroatoms. The van der Waals surface area contributed by atoms with E-state index in [1.54, 1.807) is 0 Å². The highest BCUT2D eigenvalue weighted by molar-refractivity contribution is 5.41. The van der Waals surface area contributed by atoms with E-state index < -0.39 is 0 Å². The molecule has 1 aromatic carbocycles. The molecule has 4 rings (SSSR count). The second kappa shape index (κ2) is 8.67. The molecular formula is C21H28N4O2. The minimum Gasteiger partial charge on any atom is -0.492 e.